The fraction of sp³-hybridized carbons (Fsp3) is 0.333. The second-order valence-electron chi connectivity index (χ2n) is 5.62. The van der Waals surface area contributed by atoms with E-state index in [1.165, 1.54) is 16.9 Å². The summed E-state index contributed by atoms with van der Waals surface area (Å²) in [4.78, 5) is 28.2. The van der Waals surface area contributed by atoms with Crippen LogP contribution in [0, 0.1) is 25.2 Å². The molecular weight excluding hydrogens is 322 g/mol. The molecule has 1 N–H and O–H groups in total. The number of thiazole rings is 1. The Kier molecular flexibility index (Phi) is 6.21. The van der Waals surface area contributed by atoms with Gasteiger partial charge >= 0.3 is 0 Å². The zero-order valence-corrected chi connectivity index (χ0v) is 14.5. The molecule has 0 aliphatic carbocycles. The number of Topliss-reactive ketones (excluding diaryl/α,β-unsaturated/α-hetero) is 1. The summed E-state index contributed by atoms with van der Waals surface area (Å²) in [6.07, 6.45) is 0.928. The Morgan fingerprint density at radius 3 is 2.58 bits per heavy atom. The molecule has 6 heteroatoms. The van der Waals surface area contributed by atoms with Crippen LogP contribution in [0.1, 0.15) is 34.2 Å². The first-order chi connectivity index (χ1) is 11.5. The van der Waals surface area contributed by atoms with Gasteiger partial charge in [-0.25, -0.2) is 4.98 Å². The molecule has 1 aromatic heterocycles. The summed E-state index contributed by atoms with van der Waals surface area (Å²) in [6.45, 7) is 3.67. The maximum absolute atomic E-state index is 12.1. The molecule has 0 spiro atoms. The molecule has 2 rings (SSSR count). The first kappa shape index (κ1) is 17.8. The zero-order chi connectivity index (χ0) is 17.5. The molecule has 2 aromatic rings. The number of rotatable bonds is 7. The molecule has 5 nitrogen and oxygen atoms in total. The molecule has 124 valence electrons. The Balaban J connectivity index is 1.81. The van der Waals surface area contributed by atoms with Crippen molar-refractivity contribution in [3.8, 4) is 6.07 Å². The molecule has 0 radical (unpaired) electrons. The van der Waals surface area contributed by atoms with Crippen LogP contribution in [-0.4, -0.2) is 23.2 Å². The van der Waals surface area contributed by atoms with E-state index in [2.05, 4.69) is 10.3 Å². The zero-order valence-electron chi connectivity index (χ0n) is 13.7. The van der Waals surface area contributed by atoms with Crippen molar-refractivity contribution in [3.05, 3.63) is 51.5 Å². The Morgan fingerprint density at radius 1 is 1.29 bits per heavy atom. The van der Waals surface area contributed by atoms with Crippen molar-refractivity contribution in [2.24, 2.45) is 0 Å². The van der Waals surface area contributed by atoms with Crippen molar-refractivity contribution >= 4 is 23.0 Å². The van der Waals surface area contributed by atoms with Crippen LogP contribution in [-0.2, 0) is 16.0 Å². The normalized spacial score (nSPS) is 11.5. The number of hydrogen-bond acceptors (Lipinski definition) is 5. The number of amides is 1. The van der Waals surface area contributed by atoms with Crippen molar-refractivity contribution in [1.29, 1.82) is 5.26 Å². The highest BCUT2D eigenvalue weighted by Crippen LogP contribution is 2.20. The van der Waals surface area contributed by atoms with Crippen LogP contribution < -0.4 is 5.32 Å². The highest BCUT2D eigenvalue weighted by molar-refractivity contribution is 7.09. The van der Waals surface area contributed by atoms with Crippen LogP contribution in [0.3, 0.4) is 0 Å². The third kappa shape index (κ3) is 5.00. The number of carbonyl (C=O) groups excluding carboxylic acids is 2. The van der Waals surface area contributed by atoms with Gasteiger partial charge in [0.2, 0.25) is 5.91 Å². The number of nitrogens with zero attached hydrogens (tertiary/aromatic N) is 2. The number of benzene rings is 1. The smallest absolute Gasteiger partial charge is 0.220 e. The van der Waals surface area contributed by atoms with Gasteiger partial charge in [-0.15, -0.1) is 11.3 Å². The van der Waals surface area contributed by atoms with E-state index in [1.807, 2.05) is 44.2 Å². The molecule has 0 aliphatic rings. The maximum atomic E-state index is 12.1. The van der Waals surface area contributed by atoms with Gasteiger partial charge in [0.25, 0.3) is 0 Å². The average Bonchev–Trinajstić information content (AvgIpc) is 2.99. The minimum atomic E-state index is -0.916. The van der Waals surface area contributed by atoms with Gasteiger partial charge < -0.3 is 5.32 Å². The standard InChI is InChI=1S/C18H19N3O2S/c1-12-3-5-14(6-4-12)7-8-17(23)20-10-16(22)15(9-19)18-21-13(2)11-24-18/h3-6,11,15H,7-8,10H2,1-2H3,(H,20,23)/t15-/m0/s1. The third-order valence-corrected chi connectivity index (χ3v) is 4.58. The summed E-state index contributed by atoms with van der Waals surface area (Å²) in [5.74, 6) is -1.45. The van der Waals surface area contributed by atoms with E-state index in [-0.39, 0.29) is 18.2 Å². The predicted molar refractivity (Wildman–Crippen MR) is 92.7 cm³/mol. The van der Waals surface area contributed by atoms with Crippen molar-refractivity contribution in [2.75, 3.05) is 6.54 Å². The molecule has 24 heavy (non-hydrogen) atoms. The number of aromatic nitrogens is 1. The Bertz CT molecular complexity index is 759. The fourth-order valence-electron chi connectivity index (χ4n) is 2.16. The second kappa shape index (κ2) is 8.37. The van der Waals surface area contributed by atoms with Gasteiger partial charge in [0.15, 0.2) is 11.7 Å². The lowest BCUT2D eigenvalue weighted by Gasteiger charge is -2.07. The van der Waals surface area contributed by atoms with Crippen LogP contribution >= 0.6 is 11.3 Å². The summed E-state index contributed by atoms with van der Waals surface area (Å²) < 4.78 is 0. The lowest BCUT2D eigenvalue weighted by atomic mass is 10.1. The molecule has 0 fully saturated rings. The molecule has 1 aromatic carbocycles. The SMILES string of the molecule is Cc1ccc(CCC(=O)NCC(=O)[C@H](C#N)c2nc(C)cs2)cc1. The second-order valence-corrected chi connectivity index (χ2v) is 6.51. The van der Waals surface area contributed by atoms with Crippen molar-refractivity contribution in [3.63, 3.8) is 0 Å². The summed E-state index contributed by atoms with van der Waals surface area (Å²) in [5, 5.41) is 14.1. The van der Waals surface area contributed by atoms with Crippen molar-refractivity contribution < 1.29 is 9.59 Å². The van der Waals surface area contributed by atoms with Gasteiger partial charge in [-0.2, -0.15) is 5.26 Å². The van der Waals surface area contributed by atoms with Crippen molar-refractivity contribution in [2.45, 2.75) is 32.6 Å². The molecule has 1 amide bonds. The first-order valence-electron chi connectivity index (χ1n) is 7.66. The Hall–Kier alpha value is -2.52. The molecule has 0 bridgehead atoms. The van der Waals surface area contributed by atoms with Crippen LogP contribution in [0.4, 0.5) is 0 Å². The Morgan fingerprint density at radius 2 is 2.00 bits per heavy atom. The number of hydrogen-bond donors (Lipinski definition) is 1. The molecule has 0 unspecified atom stereocenters. The minimum Gasteiger partial charge on any atom is -0.349 e. The summed E-state index contributed by atoms with van der Waals surface area (Å²) in [5.41, 5.74) is 3.04. The van der Waals surface area contributed by atoms with E-state index in [0.29, 0.717) is 17.8 Å². The van der Waals surface area contributed by atoms with Gasteiger partial charge in [0, 0.05) is 17.5 Å². The van der Waals surface area contributed by atoms with Crippen LogP contribution in [0.2, 0.25) is 0 Å². The summed E-state index contributed by atoms with van der Waals surface area (Å²) in [7, 11) is 0. The number of nitriles is 1. The van der Waals surface area contributed by atoms with E-state index in [1.54, 1.807) is 5.38 Å². The molecule has 1 atom stereocenters. The molecule has 0 aliphatic heterocycles. The number of carbonyl (C=O) groups is 2. The van der Waals surface area contributed by atoms with Gasteiger partial charge in [-0.3, -0.25) is 9.59 Å². The first-order valence-corrected chi connectivity index (χ1v) is 8.54. The molecule has 0 saturated carbocycles. The fourth-order valence-corrected chi connectivity index (χ4v) is 3.02. The van der Waals surface area contributed by atoms with E-state index >= 15 is 0 Å². The van der Waals surface area contributed by atoms with Gasteiger partial charge in [-0.1, -0.05) is 29.8 Å². The molecule has 0 saturated heterocycles. The monoisotopic (exact) mass is 341 g/mol. The van der Waals surface area contributed by atoms with Gasteiger partial charge in [-0.05, 0) is 25.8 Å². The topological polar surface area (TPSA) is 82.9 Å². The lowest BCUT2D eigenvalue weighted by molar-refractivity contribution is -0.125. The van der Waals surface area contributed by atoms with Crippen molar-refractivity contribution in [1.82, 2.24) is 10.3 Å². The summed E-state index contributed by atoms with van der Waals surface area (Å²) in [6, 6.07) is 9.95. The molecule has 1 heterocycles. The van der Waals surface area contributed by atoms with Crippen LogP contribution in [0.15, 0.2) is 29.6 Å². The van der Waals surface area contributed by atoms with E-state index in [4.69, 9.17) is 0 Å². The number of aryl methyl sites for hydroxylation is 3. The Labute approximate surface area is 145 Å². The third-order valence-electron chi connectivity index (χ3n) is 3.56. The highest BCUT2D eigenvalue weighted by atomic mass is 32.1. The average molecular weight is 341 g/mol. The predicted octanol–water partition coefficient (Wildman–Crippen LogP) is 2.69. The number of ketones is 1. The highest BCUT2D eigenvalue weighted by Gasteiger charge is 2.23. The summed E-state index contributed by atoms with van der Waals surface area (Å²) >= 11 is 1.29. The number of nitrogens with one attached hydrogen (secondary N) is 1. The van der Waals surface area contributed by atoms with E-state index in [9.17, 15) is 14.9 Å². The lowest BCUT2D eigenvalue weighted by Crippen LogP contribution is -2.32. The van der Waals surface area contributed by atoms with Crippen LogP contribution in [0.25, 0.3) is 0 Å². The van der Waals surface area contributed by atoms with E-state index in [0.717, 1.165) is 11.3 Å². The van der Waals surface area contributed by atoms with Crippen LogP contribution in [0.5, 0.6) is 0 Å². The quantitative estimate of drug-likeness (QED) is 0.839. The largest absolute Gasteiger partial charge is 0.349 e. The van der Waals surface area contributed by atoms with Gasteiger partial charge in [0.1, 0.15) is 5.01 Å². The maximum Gasteiger partial charge on any atom is 0.220 e. The van der Waals surface area contributed by atoms with E-state index < -0.39 is 5.92 Å². The minimum absolute atomic E-state index is 0.149. The molecular formula is C18H19N3O2S. The van der Waals surface area contributed by atoms with Gasteiger partial charge in [0.05, 0.1) is 12.6 Å².